The second-order valence-corrected chi connectivity index (χ2v) is 11.1. The highest BCUT2D eigenvalue weighted by Gasteiger charge is 2.26. The summed E-state index contributed by atoms with van der Waals surface area (Å²) in [6, 6.07) is 13.5. The molecule has 2 aliphatic heterocycles. The fourth-order valence-electron chi connectivity index (χ4n) is 4.68. The summed E-state index contributed by atoms with van der Waals surface area (Å²) in [5.41, 5.74) is 5.92. The maximum Gasteiger partial charge on any atom is 0.528 e. The van der Waals surface area contributed by atoms with Crippen molar-refractivity contribution in [2.24, 2.45) is 16.9 Å². The molecule has 10 nitrogen and oxygen atoms in total. The molecule has 1 unspecified atom stereocenters. The highest BCUT2D eigenvalue weighted by atomic mass is 16.8. The summed E-state index contributed by atoms with van der Waals surface area (Å²) in [5, 5.41) is 5.90. The molecule has 0 aliphatic carbocycles. The fraction of sp³-hybridized carbons (Fsp3) is 0.448. The molecule has 10 heteroatoms. The van der Waals surface area contributed by atoms with Gasteiger partial charge in [0.25, 0.3) is 0 Å². The lowest BCUT2D eigenvalue weighted by Gasteiger charge is -2.30. The number of amides is 1. The number of hydrogen-bond donors (Lipinski definition) is 1. The first kappa shape index (κ1) is 26.7. The quantitative estimate of drug-likeness (QED) is 0.423. The SMILES string of the molecule is CC1CC(=O)NN=C1c1ccc2nc(-c3cccc(OCC4CCN(OC(=O)OC(C)(C)C)CC4)c3)oc2c1. The van der Waals surface area contributed by atoms with Gasteiger partial charge in [-0.25, -0.2) is 15.2 Å². The minimum atomic E-state index is -0.671. The number of ether oxygens (including phenoxy) is 2. The molecule has 3 heterocycles. The van der Waals surface area contributed by atoms with Gasteiger partial charge in [-0.1, -0.05) is 19.1 Å². The fourth-order valence-corrected chi connectivity index (χ4v) is 4.68. The summed E-state index contributed by atoms with van der Waals surface area (Å²) in [5.74, 6) is 1.55. The van der Waals surface area contributed by atoms with Gasteiger partial charge in [0.15, 0.2) is 5.58 Å². The first-order valence-corrected chi connectivity index (χ1v) is 13.3. The van der Waals surface area contributed by atoms with E-state index in [9.17, 15) is 9.59 Å². The minimum absolute atomic E-state index is 0.0251. The van der Waals surface area contributed by atoms with Crippen LogP contribution in [-0.2, 0) is 14.4 Å². The van der Waals surface area contributed by atoms with Crippen LogP contribution in [0.25, 0.3) is 22.6 Å². The van der Waals surface area contributed by atoms with Crippen LogP contribution >= 0.6 is 0 Å². The first-order valence-electron chi connectivity index (χ1n) is 13.3. The standard InChI is InChI=1S/C29H34N4O6/c1-18-14-25(34)31-32-26(18)20-8-9-23-24(16-20)37-27(30-23)21-6-5-7-22(15-21)36-17-19-10-12-33(13-11-19)39-28(35)38-29(2,3)4/h5-9,15-16,18-19H,10-14,17H2,1-4H3,(H,31,34). The average molecular weight is 535 g/mol. The number of hydrazone groups is 1. The summed E-state index contributed by atoms with van der Waals surface area (Å²) in [6.07, 6.45) is 1.44. The average Bonchev–Trinajstić information content (AvgIpc) is 3.31. The maximum absolute atomic E-state index is 11.9. The van der Waals surface area contributed by atoms with Gasteiger partial charge in [-0.2, -0.15) is 5.10 Å². The lowest BCUT2D eigenvalue weighted by molar-refractivity contribution is -0.156. The van der Waals surface area contributed by atoms with Crippen molar-refractivity contribution in [1.82, 2.24) is 15.5 Å². The van der Waals surface area contributed by atoms with E-state index >= 15 is 0 Å². The van der Waals surface area contributed by atoms with Crippen LogP contribution in [0.5, 0.6) is 5.75 Å². The lowest BCUT2D eigenvalue weighted by atomic mass is 9.94. The van der Waals surface area contributed by atoms with Gasteiger partial charge < -0.3 is 18.7 Å². The van der Waals surface area contributed by atoms with Crippen molar-refractivity contribution >= 4 is 28.9 Å². The number of nitrogens with one attached hydrogen (secondary N) is 1. The zero-order valence-electron chi connectivity index (χ0n) is 22.7. The summed E-state index contributed by atoms with van der Waals surface area (Å²) >= 11 is 0. The Kier molecular flexibility index (Phi) is 7.56. The van der Waals surface area contributed by atoms with Crippen molar-refractivity contribution in [3.8, 4) is 17.2 Å². The Morgan fingerprint density at radius 1 is 1.13 bits per heavy atom. The van der Waals surface area contributed by atoms with Gasteiger partial charge in [0, 0.05) is 36.6 Å². The van der Waals surface area contributed by atoms with Crippen LogP contribution in [0, 0.1) is 11.8 Å². The molecular weight excluding hydrogens is 500 g/mol. The predicted octanol–water partition coefficient (Wildman–Crippen LogP) is 5.31. The van der Waals surface area contributed by atoms with Gasteiger partial charge >= 0.3 is 6.16 Å². The van der Waals surface area contributed by atoms with Crippen molar-refractivity contribution in [3.63, 3.8) is 0 Å². The maximum atomic E-state index is 11.9. The number of aromatic nitrogens is 1. The molecule has 5 rings (SSSR count). The van der Waals surface area contributed by atoms with Crippen molar-refractivity contribution in [1.29, 1.82) is 0 Å². The number of carbonyl (C=O) groups excluding carboxylic acids is 2. The normalized spacial score (nSPS) is 18.9. The molecular formula is C29H34N4O6. The molecule has 1 atom stereocenters. The molecule has 1 saturated heterocycles. The molecule has 0 saturated carbocycles. The molecule has 206 valence electrons. The topological polar surface area (TPSA) is 115 Å². The van der Waals surface area contributed by atoms with E-state index in [1.807, 2.05) is 70.2 Å². The Labute approximate surface area is 227 Å². The second kappa shape index (κ2) is 11.1. The number of hydroxylamine groups is 2. The highest BCUT2D eigenvalue weighted by Crippen LogP contribution is 2.29. The largest absolute Gasteiger partial charge is 0.528 e. The van der Waals surface area contributed by atoms with Gasteiger partial charge in [-0.3, -0.25) is 4.79 Å². The van der Waals surface area contributed by atoms with Crippen molar-refractivity contribution in [3.05, 3.63) is 48.0 Å². The number of rotatable bonds is 6. The van der Waals surface area contributed by atoms with Gasteiger partial charge in [0.2, 0.25) is 11.8 Å². The number of nitrogens with zero attached hydrogens (tertiary/aromatic N) is 3. The van der Waals surface area contributed by atoms with Crippen molar-refractivity contribution in [2.75, 3.05) is 19.7 Å². The summed E-state index contributed by atoms with van der Waals surface area (Å²) < 4.78 is 17.4. The lowest BCUT2D eigenvalue weighted by Crippen LogP contribution is -2.38. The van der Waals surface area contributed by atoms with Gasteiger partial charge in [-0.15, -0.1) is 5.06 Å². The number of piperidine rings is 1. The van der Waals surface area contributed by atoms with E-state index < -0.39 is 11.8 Å². The molecule has 2 aliphatic rings. The van der Waals surface area contributed by atoms with Crippen LogP contribution in [0.2, 0.25) is 0 Å². The molecule has 0 bridgehead atoms. The second-order valence-electron chi connectivity index (χ2n) is 11.1. The number of carbonyl (C=O) groups is 2. The Balaban J connectivity index is 1.18. The van der Waals surface area contributed by atoms with E-state index in [-0.39, 0.29) is 11.8 Å². The van der Waals surface area contributed by atoms with E-state index in [4.69, 9.17) is 18.7 Å². The van der Waals surface area contributed by atoms with Crippen LogP contribution in [0.4, 0.5) is 4.79 Å². The third-order valence-electron chi connectivity index (χ3n) is 6.68. The molecule has 3 aromatic rings. The molecule has 0 spiro atoms. The Morgan fingerprint density at radius 2 is 1.92 bits per heavy atom. The van der Waals surface area contributed by atoms with Crippen LogP contribution in [0.1, 0.15) is 52.5 Å². The molecule has 2 aromatic carbocycles. The monoisotopic (exact) mass is 534 g/mol. The Morgan fingerprint density at radius 3 is 2.67 bits per heavy atom. The van der Waals surface area contributed by atoms with E-state index in [0.29, 0.717) is 43.5 Å². The molecule has 39 heavy (non-hydrogen) atoms. The summed E-state index contributed by atoms with van der Waals surface area (Å²) in [4.78, 5) is 33.5. The van der Waals surface area contributed by atoms with E-state index in [2.05, 4.69) is 15.5 Å². The van der Waals surface area contributed by atoms with Crippen LogP contribution < -0.4 is 10.2 Å². The molecule has 1 aromatic heterocycles. The third-order valence-corrected chi connectivity index (χ3v) is 6.68. The molecule has 1 N–H and O–H groups in total. The highest BCUT2D eigenvalue weighted by molar-refractivity contribution is 6.07. The third kappa shape index (κ3) is 6.75. The molecule has 0 radical (unpaired) electrons. The first-order chi connectivity index (χ1) is 18.6. The summed E-state index contributed by atoms with van der Waals surface area (Å²) in [6.45, 7) is 9.25. The zero-order chi connectivity index (χ0) is 27.6. The van der Waals surface area contributed by atoms with Crippen molar-refractivity contribution < 1.29 is 28.3 Å². The van der Waals surface area contributed by atoms with Crippen LogP contribution in [0.15, 0.2) is 52.0 Å². The Bertz CT molecular complexity index is 1380. The Hall–Kier alpha value is -3.92. The van der Waals surface area contributed by atoms with E-state index in [1.165, 1.54) is 0 Å². The number of fused-ring (bicyclic) bond motifs is 1. The number of oxazole rings is 1. The summed E-state index contributed by atoms with van der Waals surface area (Å²) in [7, 11) is 0. The van der Waals surface area contributed by atoms with Crippen LogP contribution in [-0.4, -0.2) is 53.1 Å². The smallest absolute Gasteiger partial charge is 0.493 e. The predicted molar refractivity (Wildman–Crippen MR) is 145 cm³/mol. The van der Waals surface area contributed by atoms with Crippen LogP contribution in [0.3, 0.4) is 0 Å². The van der Waals surface area contributed by atoms with E-state index in [0.717, 1.165) is 40.9 Å². The van der Waals surface area contributed by atoms with Gasteiger partial charge in [-0.05, 0) is 69.9 Å². The minimum Gasteiger partial charge on any atom is -0.493 e. The van der Waals surface area contributed by atoms with Crippen molar-refractivity contribution in [2.45, 2.75) is 52.6 Å². The zero-order valence-corrected chi connectivity index (χ0v) is 22.7. The molecule has 1 fully saturated rings. The van der Waals surface area contributed by atoms with E-state index in [1.54, 1.807) is 5.06 Å². The molecule has 1 amide bonds. The van der Waals surface area contributed by atoms with Gasteiger partial charge in [0.05, 0.1) is 12.3 Å². The van der Waals surface area contributed by atoms with Gasteiger partial charge in [0.1, 0.15) is 16.9 Å². The number of hydrogen-bond acceptors (Lipinski definition) is 9. The number of benzene rings is 2.